The Balaban J connectivity index is 1.83. The van der Waals surface area contributed by atoms with E-state index < -0.39 is 11.8 Å². The summed E-state index contributed by atoms with van der Waals surface area (Å²) in [5.41, 5.74) is 7.18. The molecule has 0 saturated carbocycles. The molecule has 2 amide bonds. The van der Waals surface area contributed by atoms with Crippen LogP contribution in [-0.2, 0) is 0 Å². The first-order valence-corrected chi connectivity index (χ1v) is 8.79. The van der Waals surface area contributed by atoms with Gasteiger partial charge < -0.3 is 15.2 Å². The number of ether oxygens (including phenoxy) is 2. The van der Waals surface area contributed by atoms with Gasteiger partial charge in [-0.2, -0.15) is 0 Å². The summed E-state index contributed by atoms with van der Waals surface area (Å²) in [6, 6.07) is 11.8. The molecule has 0 atom stereocenters. The fourth-order valence-corrected chi connectivity index (χ4v) is 3.23. The average molecular weight is 383 g/mol. The van der Waals surface area contributed by atoms with Crippen molar-refractivity contribution in [2.75, 3.05) is 19.5 Å². The summed E-state index contributed by atoms with van der Waals surface area (Å²) in [7, 11) is 3.13. The van der Waals surface area contributed by atoms with Gasteiger partial charge in [-0.1, -0.05) is 12.1 Å². The maximum Gasteiger partial charge on any atom is 0.258 e. The molecule has 1 heterocycles. The quantitative estimate of drug-likeness (QED) is 0.680. The van der Waals surface area contributed by atoms with Crippen LogP contribution in [0.15, 0.2) is 47.8 Å². The smallest absolute Gasteiger partial charge is 0.258 e. The van der Waals surface area contributed by atoms with Crippen molar-refractivity contribution in [1.29, 1.82) is 0 Å². The minimum atomic E-state index is -0.661. The van der Waals surface area contributed by atoms with Gasteiger partial charge in [0.15, 0.2) is 16.6 Å². The Kier molecular flexibility index (Phi) is 5.37. The first kappa shape index (κ1) is 18.4. The van der Waals surface area contributed by atoms with Crippen LogP contribution in [0.2, 0.25) is 0 Å². The number of anilines is 1. The summed E-state index contributed by atoms with van der Waals surface area (Å²) in [4.78, 5) is 28.4. The number of hydrogen-bond donors (Lipinski definition) is 2. The van der Waals surface area contributed by atoms with Gasteiger partial charge in [0.2, 0.25) is 5.91 Å². The molecule has 0 aliphatic carbocycles. The highest BCUT2D eigenvalue weighted by atomic mass is 32.1. The molecule has 0 saturated heterocycles. The van der Waals surface area contributed by atoms with Crippen LogP contribution in [0.1, 0.15) is 20.7 Å². The van der Waals surface area contributed by atoms with E-state index in [-0.39, 0.29) is 11.1 Å². The molecule has 0 spiro atoms. The lowest BCUT2D eigenvalue weighted by Crippen LogP contribution is -2.20. The van der Waals surface area contributed by atoms with Crippen molar-refractivity contribution in [3.05, 3.63) is 59.0 Å². The molecule has 0 unspecified atom stereocenters. The van der Waals surface area contributed by atoms with E-state index >= 15 is 0 Å². The third-order valence-electron chi connectivity index (χ3n) is 3.84. The second-order valence-corrected chi connectivity index (χ2v) is 6.33. The highest BCUT2D eigenvalue weighted by molar-refractivity contribution is 7.14. The summed E-state index contributed by atoms with van der Waals surface area (Å²) < 4.78 is 10.5. The van der Waals surface area contributed by atoms with Gasteiger partial charge >= 0.3 is 0 Å². The van der Waals surface area contributed by atoms with Gasteiger partial charge in [0, 0.05) is 10.9 Å². The topological polar surface area (TPSA) is 104 Å². The van der Waals surface area contributed by atoms with Gasteiger partial charge in [-0.05, 0) is 30.3 Å². The fourth-order valence-electron chi connectivity index (χ4n) is 2.52. The maximum atomic E-state index is 12.5. The molecule has 3 aromatic rings. The van der Waals surface area contributed by atoms with Crippen molar-refractivity contribution in [1.82, 2.24) is 4.98 Å². The molecule has 3 N–H and O–H groups in total. The molecule has 2 aromatic carbocycles. The number of benzene rings is 2. The predicted molar refractivity (Wildman–Crippen MR) is 104 cm³/mol. The van der Waals surface area contributed by atoms with E-state index in [2.05, 4.69) is 10.3 Å². The van der Waals surface area contributed by atoms with Crippen molar-refractivity contribution < 1.29 is 19.1 Å². The number of methoxy groups -OCH3 is 2. The number of hydrogen-bond acceptors (Lipinski definition) is 6. The number of nitrogens with two attached hydrogens (primary N) is 1. The van der Waals surface area contributed by atoms with E-state index in [1.807, 2.05) is 17.5 Å². The minimum absolute atomic E-state index is 0.159. The van der Waals surface area contributed by atoms with Crippen LogP contribution in [0.4, 0.5) is 5.13 Å². The van der Waals surface area contributed by atoms with Crippen molar-refractivity contribution in [3.8, 4) is 22.8 Å². The second-order valence-electron chi connectivity index (χ2n) is 5.47. The van der Waals surface area contributed by atoms with E-state index in [1.165, 1.54) is 23.5 Å². The van der Waals surface area contributed by atoms with Crippen molar-refractivity contribution in [3.63, 3.8) is 0 Å². The zero-order chi connectivity index (χ0) is 19.4. The number of nitrogens with zero attached hydrogens (tertiary/aromatic N) is 1. The van der Waals surface area contributed by atoms with Gasteiger partial charge in [-0.3, -0.25) is 14.9 Å². The lowest BCUT2D eigenvalue weighted by Gasteiger charge is -2.08. The summed E-state index contributed by atoms with van der Waals surface area (Å²) in [6.07, 6.45) is 0. The van der Waals surface area contributed by atoms with Crippen LogP contribution in [0.25, 0.3) is 11.3 Å². The maximum absolute atomic E-state index is 12.5. The summed E-state index contributed by atoms with van der Waals surface area (Å²) in [5, 5.41) is 4.92. The number of rotatable bonds is 6. The summed E-state index contributed by atoms with van der Waals surface area (Å²) in [6.45, 7) is 0. The molecule has 0 aliphatic heterocycles. The normalized spacial score (nSPS) is 10.3. The molecule has 0 bridgehead atoms. The monoisotopic (exact) mass is 383 g/mol. The van der Waals surface area contributed by atoms with Gasteiger partial charge in [-0.15, -0.1) is 11.3 Å². The second kappa shape index (κ2) is 7.88. The Labute approximate surface area is 159 Å². The van der Waals surface area contributed by atoms with Crippen LogP contribution >= 0.6 is 11.3 Å². The number of carbonyl (C=O) groups excluding carboxylic acids is 2. The Morgan fingerprint density at radius 2 is 1.74 bits per heavy atom. The molecular formula is C19H17N3O4S. The van der Waals surface area contributed by atoms with Gasteiger partial charge in [0.1, 0.15) is 0 Å². The molecule has 7 nitrogen and oxygen atoms in total. The van der Waals surface area contributed by atoms with Crippen LogP contribution in [-0.4, -0.2) is 31.0 Å². The molecule has 3 rings (SSSR count). The first-order chi connectivity index (χ1) is 13.0. The Bertz CT molecular complexity index is 1000. The van der Waals surface area contributed by atoms with Crippen LogP contribution in [0.3, 0.4) is 0 Å². The zero-order valence-corrected chi connectivity index (χ0v) is 15.5. The van der Waals surface area contributed by atoms with Crippen molar-refractivity contribution >= 4 is 28.3 Å². The zero-order valence-electron chi connectivity index (χ0n) is 14.7. The average Bonchev–Trinajstić information content (AvgIpc) is 3.15. The van der Waals surface area contributed by atoms with E-state index in [0.717, 1.165) is 5.56 Å². The molecule has 27 heavy (non-hydrogen) atoms. The molecule has 0 aliphatic rings. The highest BCUT2D eigenvalue weighted by Gasteiger charge is 2.16. The van der Waals surface area contributed by atoms with Gasteiger partial charge in [-0.25, -0.2) is 4.98 Å². The lowest BCUT2D eigenvalue weighted by atomic mass is 10.1. The fraction of sp³-hybridized carbons (Fsp3) is 0.105. The molecular weight excluding hydrogens is 366 g/mol. The lowest BCUT2D eigenvalue weighted by molar-refractivity contribution is 0.0977. The number of aromatic nitrogens is 1. The Morgan fingerprint density at radius 3 is 2.41 bits per heavy atom. The van der Waals surface area contributed by atoms with Gasteiger partial charge in [0.05, 0.1) is 31.0 Å². The number of amides is 2. The summed E-state index contributed by atoms with van der Waals surface area (Å²) in [5.74, 6) is 0.0977. The van der Waals surface area contributed by atoms with E-state index in [4.69, 9.17) is 15.2 Å². The molecule has 138 valence electrons. The van der Waals surface area contributed by atoms with Gasteiger partial charge in [0.25, 0.3) is 5.91 Å². The molecule has 1 aromatic heterocycles. The minimum Gasteiger partial charge on any atom is -0.493 e. The third kappa shape index (κ3) is 3.90. The molecule has 8 heteroatoms. The predicted octanol–water partition coefficient (Wildman–Crippen LogP) is 3.18. The van der Waals surface area contributed by atoms with E-state index in [0.29, 0.717) is 22.3 Å². The standard InChI is InChI=1S/C19H17N3O4S/c1-25-15-8-7-11(9-16(15)26-2)14-10-27-19(21-14)22-18(24)13-6-4-3-5-12(13)17(20)23/h3-10H,1-2H3,(H2,20,23)(H,21,22,24). The molecule has 0 radical (unpaired) electrons. The first-order valence-electron chi connectivity index (χ1n) is 7.91. The highest BCUT2D eigenvalue weighted by Crippen LogP contribution is 2.33. The number of carbonyl (C=O) groups is 2. The third-order valence-corrected chi connectivity index (χ3v) is 4.60. The molecule has 0 fully saturated rings. The Hall–Kier alpha value is -3.39. The SMILES string of the molecule is COc1ccc(-c2csc(NC(=O)c3ccccc3C(N)=O)n2)cc1OC. The summed E-state index contributed by atoms with van der Waals surface area (Å²) >= 11 is 1.27. The van der Waals surface area contributed by atoms with E-state index in [1.54, 1.807) is 32.4 Å². The number of nitrogens with one attached hydrogen (secondary N) is 1. The van der Waals surface area contributed by atoms with E-state index in [9.17, 15) is 9.59 Å². The number of thiazole rings is 1. The van der Waals surface area contributed by atoms with Crippen LogP contribution in [0, 0.1) is 0 Å². The van der Waals surface area contributed by atoms with Crippen molar-refractivity contribution in [2.24, 2.45) is 5.73 Å². The van der Waals surface area contributed by atoms with Crippen LogP contribution < -0.4 is 20.5 Å². The Morgan fingerprint density at radius 1 is 1.04 bits per heavy atom. The van der Waals surface area contributed by atoms with Crippen LogP contribution in [0.5, 0.6) is 11.5 Å². The largest absolute Gasteiger partial charge is 0.493 e. The van der Waals surface area contributed by atoms with Crippen molar-refractivity contribution in [2.45, 2.75) is 0 Å². The number of primary amides is 1.